The number of fused-ring (bicyclic) bond motifs is 5. The highest BCUT2D eigenvalue weighted by Crippen LogP contribution is 2.46. The van der Waals surface area contributed by atoms with Crippen LogP contribution in [0.3, 0.4) is 0 Å². The quantitative estimate of drug-likeness (QED) is 0.205. The third kappa shape index (κ3) is 3.31. The van der Waals surface area contributed by atoms with Gasteiger partial charge in [-0.05, 0) is 73.8 Å². The average Bonchev–Trinajstić information content (AvgIpc) is 3.44. The van der Waals surface area contributed by atoms with Crippen LogP contribution in [0.5, 0.6) is 0 Å². The van der Waals surface area contributed by atoms with Crippen molar-refractivity contribution < 1.29 is 4.79 Å². The van der Waals surface area contributed by atoms with Gasteiger partial charge in [0.05, 0.1) is 22.8 Å². The molecule has 0 saturated carbocycles. The van der Waals surface area contributed by atoms with Crippen LogP contribution in [0.25, 0.3) is 22.6 Å². The first-order chi connectivity index (χ1) is 16.0. The number of aromatic nitrogens is 3. The Bertz CT molecular complexity index is 1520. The van der Waals surface area contributed by atoms with Gasteiger partial charge < -0.3 is 9.13 Å². The number of benzene rings is 3. The predicted molar refractivity (Wildman–Crippen MR) is 138 cm³/mol. The maximum Gasteiger partial charge on any atom is 0.188 e. The molecule has 33 heavy (non-hydrogen) atoms. The molecule has 162 valence electrons. The van der Waals surface area contributed by atoms with Gasteiger partial charge in [0.2, 0.25) is 0 Å². The van der Waals surface area contributed by atoms with Gasteiger partial charge in [-0.15, -0.1) is 0 Å². The predicted octanol–water partition coefficient (Wildman–Crippen LogP) is 7.71. The lowest BCUT2D eigenvalue weighted by Gasteiger charge is -2.36. The summed E-state index contributed by atoms with van der Waals surface area (Å²) in [6.07, 6.45) is 1.97. The van der Waals surface area contributed by atoms with E-state index in [4.69, 9.17) is 16.6 Å². The van der Waals surface area contributed by atoms with Crippen molar-refractivity contribution in [3.05, 3.63) is 110 Å². The van der Waals surface area contributed by atoms with E-state index in [1.54, 1.807) is 0 Å². The van der Waals surface area contributed by atoms with E-state index in [1.165, 1.54) is 0 Å². The summed E-state index contributed by atoms with van der Waals surface area (Å²) >= 11 is 13.5. The Labute approximate surface area is 212 Å². The number of carbonyl (C=O) groups excluding carboxylic acids is 1. The second kappa shape index (κ2) is 7.97. The fourth-order valence-corrected chi connectivity index (χ4v) is 5.49. The maximum atomic E-state index is 14.0. The van der Waals surface area contributed by atoms with Crippen molar-refractivity contribution in [2.24, 2.45) is 0 Å². The van der Waals surface area contributed by atoms with Gasteiger partial charge in [0, 0.05) is 25.7 Å². The lowest BCUT2D eigenvalue weighted by Crippen LogP contribution is -2.34. The monoisotopic (exact) mass is 579 g/mol. The molecule has 0 saturated heterocycles. The van der Waals surface area contributed by atoms with E-state index in [0.717, 1.165) is 37.1 Å². The van der Waals surface area contributed by atoms with Crippen molar-refractivity contribution in [1.82, 2.24) is 14.1 Å². The molecule has 0 spiro atoms. The second-order valence-electron chi connectivity index (χ2n) is 8.03. The van der Waals surface area contributed by atoms with Gasteiger partial charge in [0.1, 0.15) is 6.04 Å². The summed E-state index contributed by atoms with van der Waals surface area (Å²) < 4.78 is 6.11. The number of hydrogen-bond donors (Lipinski definition) is 0. The number of imidazole rings is 1. The van der Waals surface area contributed by atoms with Crippen molar-refractivity contribution in [3.8, 4) is 11.5 Å². The van der Waals surface area contributed by atoms with Gasteiger partial charge in [0.25, 0.3) is 0 Å². The van der Waals surface area contributed by atoms with Gasteiger partial charge in [0.15, 0.2) is 11.6 Å². The van der Waals surface area contributed by atoms with Crippen LogP contribution in [0.2, 0.25) is 5.02 Å². The molecule has 2 aromatic heterocycles. The number of hydrogen-bond acceptors (Lipinski definition) is 2. The molecule has 1 aliphatic rings. The first-order valence-corrected chi connectivity index (χ1v) is 12.4. The zero-order chi connectivity index (χ0) is 22.7. The molecule has 7 heteroatoms. The molecule has 4 nitrogen and oxygen atoms in total. The Morgan fingerprint density at radius 3 is 2.39 bits per heavy atom. The number of halogens is 3. The molecule has 3 heterocycles. The minimum atomic E-state index is -0.481. The molecule has 0 amide bonds. The van der Waals surface area contributed by atoms with Crippen LogP contribution >= 0.6 is 43.5 Å². The molecule has 3 aromatic carbocycles. The maximum absolute atomic E-state index is 14.0. The summed E-state index contributed by atoms with van der Waals surface area (Å²) in [6, 6.07) is 24.5. The zero-order valence-electron chi connectivity index (χ0n) is 17.1. The second-order valence-corrected chi connectivity index (χ2v) is 10.2. The van der Waals surface area contributed by atoms with E-state index in [0.29, 0.717) is 10.6 Å². The molecule has 0 fully saturated rings. The molecule has 2 atom stereocenters. The fraction of sp³-hybridized carbons (Fsp3) is 0.0769. The van der Waals surface area contributed by atoms with Gasteiger partial charge in [-0.25, -0.2) is 4.98 Å². The number of nitrogens with zero attached hydrogens (tertiary/aromatic N) is 3. The van der Waals surface area contributed by atoms with Crippen LogP contribution < -0.4 is 0 Å². The molecule has 1 aliphatic heterocycles. The largest absolute Gasteiger partial charge is 0.332 e. The third-order valence-corrected chi connectivity index (χ3v) is 8.25. The highest BCUT2D eigenvalue weighted by atomic mass is 79.9. The highest BCUT2D eigenvalue weighted by Gasteiger charge is 2.40. The Morgan fingerprint density at radius 1 is 0.909 bits per heavy atom. The van der Waals surface area contributed by atoms with Gasteiger partial charge in [-0.3, -0.25) is 4.79 Å². The number of Topliss-reactive ketones (excluding diaryl/α,β-unsaturated/α-hetero) is 1. The molecule has 0 aliphatic carbocycles. The lowest BCUT2D eigenvalue weighted by molar-refractivity contribution is 0.0895. The van der Waals surface area contributed by atoms with Gasteiger partial charge in [-0.1, -0.05) is 54.1 Å². The standard InChI is InChI=1S/C26H16Br2ClN3O/c27-18-13-20-22(14-19(18)28)32-23(15-8-10-17(29)11-9-15)24(25(33)16-5-2-1-3-6-16)31-12-4-7-21(31)26(32)30-20/h1-14,23-24H/t23-,24+/m1/s1. The third-order valence-electron chi connectivity index (χ3n) is 6.15. The summed E-state index contributed by atoms with van der Waals surface area (Å²) in [5, 5.41) is 0.657. The van der Waals surface area contributed by atoms with E-state index >= 15 is 0 Å². The molecule has 5 aromatic rings. The molecular formula is C26H16Br2ClN3O. The summed E-state index contributed by atoms with van der Waals surface area (Å²) in [7, 11) is 0. The lowest BCUT2D eigenvalue weighted by atomic mass is 9.90. The molecule has 6 rings (SSSR count). The van der Waals surface area contributed by atoms with Gasteiger partial charge in [-0.2, -0.15) is 0 Å². The molecule has 0 unspecified atom stereocenters. The Hall–Kier alpha value is -2.67. The van der Waals surface area contributed by atoms with E-state index < -0.39 is 6.04 Å². The van der Waals surface area contributed by atoms with Crippen LogP contribution in [0.15, 0.2) is 94.0 Å². The van der Waals surface area contributed by atoms with Crippen molar-refractivity contribution in [3.63, 3.8) is 0 Å². The van der Waals surface area contributed by atoms with E-state index in [9.17, 15) is 4.79 Å². The van der Waals surface area contributed by atoms with Crippen LogP contribution in [-0.4, -0.2) is 19.9 Å². The molecular weight excluding hydrogens is 566 g/mol. The minimum absolute atomic E-state index is 0.0525. The first-order valence-electron chi connectivity index (χ1n) is 10.4. The first kappa shape index (κ1) is 20.9. The van der Waals surface area contributed by atoms with Crippen molar-refractivity contribution >= 4 is 60.3 Å². The molecule has 0 N–H and O–H groups in total. The Balaban J connectivity index is 1.68. The smallest absolute Gasteiger partial charge is 0.188 e. The SMILES string of the molecule is O=C(c1ccccc1)[C@@H]1[C@@H](c2ccc(Cl)cc2)n2c(nc3cc(Br)c(Br)cc32)-c2cccn21. The van der Waals surface area contributed by atoms with E-state index in [1.807, 2.05) is 79.0 Å². The minimum Gasteiger partial charge on any atom is -0.332 e. The zero-order valence-corrected chi connectivity index (χ0v) is 21.0. The topological polar surface area (TPSA) is 39.8 Å². The van der Waals surface area contributed by atoms with Crippen LogP contribution in [0.1, 0.15) is 28.0 Å². The average molecular weight is 582 g/mol. The summed E-state index contributed by atoms with van der Waals surface area (Å²) in [6.45, 7) is 0. The normalized spacial score (nSPS) is 17.1. The Morgan fingerprint density at radius 2 is 1.64 bits per heavy atom. The number of carbonyl (C=O) groups is 1. The number of rotatable bonds is 3. The molecule has 0 radical (unpaired) electrons. The van der Waals surface area contributed by atoms with Crippen LogP contribution in [0.4, 0.5) is 0 Å². The Kier molecular flexibility index (Phi) is 5.05. The fourth-order valence-electron chi connectivity index (χ4n) is 4.71. The van der Waals surface area contributed by atoms with E-state index in [2.05, 4.69) is 47.1 Å². The molecule has 0 bridgehead atoms. The summed E-state index contributed by atoms with van der Waals surface area (Å²) in [4.78, 5) is 19.0. The van der Waals surface area contributed by atoms with Crippen molar-refractivity contribution in [2.45, 2.75) is 12.1 Å². The van der Waals surface area contributed by atoms with E-state index in [-0.39, 0.29) is 11.8 Å². The van der Waals surface area contributed by atoms with Gasteiger partial charge >= 0.3 is 0 Å². The number of ketones is 1. The van der Waals surface area contributed by atoms with Crippen LogP contribution in [-0.2, 0) is 0 Å². The highest BCUT2D eigenvalue weighted by molar-refractivity contribution is 9.13. The van der Waals surface area contributed by atoms with Crippen LogP contribution in [0, 0.1) is 0 Å². The van der Waals surface area contributed by atoms with Crippen molar-refractivity contribution in [1.29, 1.82) is 0 Å². The summed E-state index contributed by atoms with van der Waals surface area (Å²) in [5.41, 5.74) is 4.40. The summed E-state index contributed by atoms with van der Waals surface area (Å²) in [5.74, 6) is 0.883. The van der Waals surface area contributed by atoms with Crippen molar-refractivity contribution in [2.75, 3.05) is 0 Å².